The Morgan fingerprint density at radius 3 is 2.60 bits per heavy atom. The molecule has 0 bridgehead atoms. The number of amides is 1. The monoisotopic (exact) mass is 290 g/mol. The number of primary amides is 1. The van der Waals surface area contributed by atoms with Crippen molar-refractivity contribution in [2.45, 2.75) is 25.9 Å². The smallest absolute Gasteiger partial charge is 0.405 e. The first-order valence-electron chi connectivity index (χ1n) is 6.27. The summed E-state index contributed by atoms with van der Waals surface area (Å²) in [5.41, 5.74) is 14.4. The minimum Gasteiger partial charge on any atom is -0.443 e. The topological polar surface area (TPSA) is 78.3 Å². The molecule has 1 aromatic carbocycles. The number of anilines is 1. The fourth-order valence-corrected chi connectivity index (χ4v) is 2.80. The second kappa shape index (κ2) is 5.54. The molecule has 1 aromatic heterocycles. The zero-order valence-electron chi connectivity index (χ0n) is 11.6. The van der Waals surface area contributed by atoms with E-state index in [2.05, 4.69) is 11.4 Å². The number of rotatable bonds is 4. The van der Waals surface area contributed by atoms with Crippen LogP contribution in [0, 0.1) is 0 Å². The van der Waals surface area contributed by atoms with Crippen molar-refractivity contribution in [2.75, 3.05) is 5.73 Å². The molecule has 0 spiro atoms. The van der Waals surface area contributed by atoms with Crippen LogP contribution in [0.1, 0.15) is 19.4 Å². The summed E-state index contributed by atoms with van der Waals surface area (Å²) in [6.45, 7) is 3.62. The van der Waals surface area contributed by atoms with Crippen molar-refractivity contribution >= 4 is 23.1 Å². The second-order valence-corrected chi connectivity index (χ2v) is 6.06. The first-order chi connectivity index (χ1) is 9.37. The van der Waals surface area contributed by atoms with Gasteiger partial charge in [-0.3, -0.25) is 0 Å². The van der Waals surface area contributed by atoms with Gasteiger partial charge in [0.2, 0.25) is 0 Å². The quantitative estimate of drug-likeness (QED) is 0.847. The molecule has 0 aliphatic heterocycles. The minimum absolute atomic E-state index is 0.520. The van der Waals surface area contributed by atoms with E-state index in [1.54, 1.807) is 11.3 Å². The van der Waals surface area contributed by atoms with Crippen LogP contribution in [0.2, 0.25) is 0 Å². The average Bonchev–Trinajstić information content (AvgIpc) is 2.83. The number of thiophene rings is 1. The van der Waals surface area contributed by atoms with Gasteiger partial charge in [0.1, 0.15) is 5.60 Å². The Bertz CT molecular complexity index is 606. The maximum Gasteiger partial charge on any atom is 0.405 e. The van der Waals surface area contributed by atoms with Gasteiger partial charge in [-0.1, -0.05) is 12.1 Å². The van der Waals surface area contributed by atoms with Gasteiger partial charge < -0.3 is 16.2 Å². The summed E-state index contributed by atoms with van der Waals surface area (Å²) in [4.78, 5) is 10.9. The zero-order valence-corrected chi connectivity index (χ0v) is 12.4. The van der Waals surface area contributed by atoms with Crippen LogP contribution in [0.15, 0.2) is 35.0 Å². The fraction of sp³-hybridized carbons (Fsp3) is 0.267. The van der Waals surface area contributed by atoms with E-state index in [9.17, 15) is 4.79 Å². The SMILES string of the molecule is CC(C)(Cc1ccc(-c2ccsc2)cc1N)OC(N)=O. The van der Waals surface area contributed by atoms with Gasteiger partial charge in [0.15, 0.2) is 0 Å². The molecule has 0 saturated carbocycles. The summed E-state index contributed by atoms with van der Waals surface area (Å²) >= 11 is 1.65. The van der Waals surface area contributed by atoms with Crippen LogP contribution in [-0.2, 0) is 11.2 Å². The highest BCUT2D eigenvalue weighted by Gasteiger charge is 2.23. The van der Waals surface area contributed by atoms with E-state index < -0.39 is 11.7 Å². The van der Waals surface area contributed by atoms with E-state index in [1.807, 2.05) is 37.4 Å². The molecule has 0 radical (unpaired) electrons. The number of hydrogen-bond acceptors (Lipinski definition) is 4. The van der Waals surface area contributed by atoms with Crippen LogP contribution in [0.3, 0.4) is 0 Å². The molecule has 0 fully saturated rings. The molecular formula is C15H18N2O2S. The highest BCUT2D eigenvalue weighted by molar-refractivity contribution is 7.08. The molecule has 0 saturated heterocycles. The van der Waals surface area contributed by atoms with Crippen molar-refractivity contribution in [1.82, 2.24) is 0 Å². The Hall–Kier alpha value is -2.01. The van der Waals surface area contributed by atoms with Gasteiger partial charge in [0, 0.05) is 12.1 Å². The maximum atomic E-state index is 10.9. The molecule has 5 heteroatoms. The lowest BCUT2D eigenvalue weighted by Gasteiger charge is -2.24. The van der Waals surface area contributed by atoms with Gasteiger partial charge in [-0.25, -0.2) is 4.79 Å². The van der Waals surface area contributed by atoms with Gasteiger partial charge in [0.05, 0.1) is 0 Å². The molecule has 0 aliphatic rings. The third-order valence-electron chi connectivity index (χ3n) is 2.99. The number of benzene rings is 1. The fourth-order valence-electron chi connectivity index (χ4n) is 2.13. The summed E-state index contributed by atoms with van der Waals surface area (Å²) in [7, 11) is 0. The predicted molar refractivity (Wildman–Crippen MR) is 82.6 cm³/mol. The third kappa shape index (κ3) is 3.51. The van der Waals surface area contributed by atoms with Crippen LogP contribution >= 0.6 is 11.3 Å². The molecule has 106 valence electrons. The Kier molecular flexibility index (Phi) is 3.99. The summed E-state index contributed by atoms with van der Waals surface area (Å²) in [5.74, 6) is 0. The van der Waals surface area contributed by atoms with Crippen LogP contribution in [-0.4, -0.2) is 11.7 Å². The first kappa shape index (κ1) is 14.4. The van der Waals surface area contributed by atoms with Crippen molar-refractivity contribution in [3.05, 3.63) is 40.6 Å². The lowest BCUT2D eigenvalue weighted by atomic mass is 9.95. The van der Waals surface area contributed by atoms with Gasteiger partial charge in [0.25, 0.3) is 0 Å². The van der Waals surface area contributed by atoms with E-state index in [-0.39, 0.29) is 0 Å². The van der Waals surface area contributed by atoms with Crippen LogP contribution in [0.25, 0.3) is 11.1 Å². The predicted octanol–water partition coefficient (Wildman–Crippen LogP) is 3.41. The minimum atomic E-state index is -0.775. The number of ether oxygens (including phenoxy) is 1. The Morgan fingerprint density at radius 1 is 1.30 bits per heavy atom. The molecule has 2 rings (SSSR count). The molecular weight excluding hydrogens is 272 g/mol. The number of nitrogens with two attached hydrogens (primary N) is 2. The van der Waals surface area contributed by atoms with Gasteiger partial charge in [-0.2, -0.15) is 11.3 Å². The lowest BCUT2D eigenvalue weighted by molar-refractivity contribution is 0.0461. The molecule has 0 unspecified atom stereocenters. The lowest BCUT2D eigenvalue weighted by Crippen LogP contribution is -2.33. The number of hydrogen-bond donors (Lipinski definition) is 2. The van der Waals surface area contributed by atoms with Crippen molar-refractivity contribution in [3.8, 4) is 11.1 Å². The highest BCUT2D eigenvalue weighted by Crippen LogP contribution is 2.28. The van der Waals surface area contributed by atoms with Gasteiger partial charge in [-0.15, -0.1) is 0 Å². The largest absolute Gasteiger partial charge is 0.443 e. The van der Waals surface area contributed by atoms with E-state index in [4.69, 9.17) is 16.2 Å². The molecule has 4 nitrogen and oxygen atoms in total. The van der Waals surface area contributed by atoms with Gasteiger partial charge in [-0.05, 0) is 53.4 Å². The third-order valence-corrected chi connectivity index (χ3v) is 3.68. The Morgan fingerprint density at radius 2 is 2.05 bits per heavy atom. The molecule has 2 aromatic rings. The van der Waals surface area contributed by atoms with Crippen molar-refractivity contribution < 1.29 is 9.53 Å². The standard InChI is InChI=1S/C15H18N2O2S/c1-15(2,19-14(17)18)8-11-4-3-10(7-13(11)16)12-5-6-20-9-12/h3-7,9H,8,16H2,1-2H3,(H2,17,18). The summed E-state index contributed by atoms with van der Waals surface area (Å²) < 4.78 is 5.08. The average molecular weight is 290 g/mol. The molecule has 1 heterocycles. The summed E-state index contributed by atoms with van der Waals surface area (Å²) in [5, 5.41) is 4.11. The van der Waals surface area contributed by atoms with E-state index in [0.717, 1.165) is 16.7 Å². The summed E-state index contributed by atoms with van der Waals surface area (Å²) in [6, 6.07) is 7.99. The normalized spacial score (nSPS) is 11.3. The first-order valence-corrected chi connectivity index (χ1v) is 7.21. The van der Waals surface area contributed by atoms with Crippen LogP contribution in [0.5, 0.6) is 0 Å². The van der Waals surface area contributed by atoms with Crippen LogP contribution < -0.4 is 11.5 Å². The number of carbonyl (C=O) groups excluding carboxylic acids is 1. The summed E-state index contributed by atoms with van der Waals surface area (Å²) in [6.07, 6.45) is -0.255. The molecule has 0 atom stereocenters. The number of nitrogen functional groups attached to an aromatic ring is 1. The number of carbonyl (C=O) groups is 1. The van der Waals surface area contributed by atoms with Crippen molar-refractivity contribution in [1.29, 1.82) is 0 Å². The van der Waals surface area contributed by atoms with Crippen LogP contribution in [0.4, 0.5) is 10.5 Å². The second-order valence-electron chi connectivity index (χ2n) is 5.28. The Balaban J connectivity index is 2.20. The molecule has 4 N–H and O–H groups in total. The van der Waals surface area contributed by atoms with Gasteiger partial charge >= 0.3 is 6.09 Å². The van der Waals surface area contributed by atoms with E-state index >= 15 is 0 Å². The molecule has 0 aliphatic carbocycles. The zero-order chi connectivity index (χ0) is 14.8. The van der Waals surface area contributed by atoms with E-state index in [0.29, 0.717) is 12.1 Å². The van der Waals surface area contributed by atoms with Crippen molar-refractivity contribution in [3.63, 3.8) is 0 Å². The highest BCUT2D eigenvalue weighted by atomic mass is 32.1. The molecule has 20 heavy (non-hydrogen) atoms. The molecule has 1 amide bonds. The maximum absolute atomic E-state index is 10.9. The van der Waals surface area contributed by atoms with Crippen molar-refractivity contribution in [2.24, 2.45) is 5.73 Å². The van der Waals surface area contributed by atoms with E-state index in [1.165, 1.54) is 0 Å². The Labute approximate surface area is 122 Å².